The molecule has 126 heavy (non-hydrogen) atoms. The predicted octanol–water partition coefficient (Wildman–Crippen LogP) is 17.2. The standard InChI is InChI=1S/C14H16N4O.C14H20N2.C13H14N4O.C12H17N3.C11H16N4O.C11H16N4.C10H16N2O2.C10H16N2O/c1-8(2)18-7-10-5-6-11(19)17(4)13-12(10)14(18)16-9(3)15-13;1-8(2)16-13-7-9(3)10(4)11(5)14(13)12(6)15-16;1-7(2)17-6-9-4-5-10(18)16-12-11(9)13(17)15-8(3)14-12;1-7(2)10-6-15(5)12-8(3)13-9(4)14-11(10)12;1-6(2)15-8(4)12-9-10(15)13-7(3)14(5)11(9)16;1-6(2)9-10-11(15(5)14-9)7(3)12-8(4)13-10;1-6(2)12-8(4)7(3)9(13)11(5)10(12)14;1-6(2)12-9(5)7(3)8(4)11-10(12)13/h5-8H,1-4H3;7-8H,1-6H3;4-7H,1-3H3,(H,14,15,16,18);6-7H,1-5H3;6H,1-5H3;6H,1-5H3;6H,1-5H3;6H,1-5H3. The van der Waals surface area contributed by atoms with E-state index >= 15 is 0 Å². The lowest BCUT2D eigenvalue weighted by molar-refractivity contribution is -0.113. The first-order chi connectivity index (χ1) is 58.7. The molecule has 14 aromatic rings. The maximum absolute atomic E-state index is 12.0. The summed E-state index contributed by atoms with van der Waals surface area (Å²) < 4.78 is 18.4. The summed E-state index contributed by atoms with van der Waals surface area (Å²) >= 11 is 0. The predicted molar refractivity (Wildman–Crippen MR) is 510 cm³/mol. The zero-order valence-corrected chi connectivity index (χ0v) is 81.4. The normalized spacial score (nSPS) is 12.2. The number of nitrogens with zero attached hydrogens (tertiary/aromatic N) is 24. The monoisotopic (exact) mass is 1720 g/mol. The number of aliphatic imine (C=N–C) groups is 1. The Bertz CT molecular complexity index is 6810. The summed E-state index contributed by atoms with van der Waals surface area (Å²) in [5, 5.41) is 16.4. The summed E-state index contributed by atoms with van der Waals surface area (Å²) in [4.78, 5) is 120. The second-order valence-electron chi connectivity index (χ2n) is 35.2. The van der Waals surface area contributed by atoms with Crippen LogP contribution in [-0.4, -0.2) is 125 Å². The van der Waals surface area contributed by atoms with Crippen LogP contribution in [0, 0.1) is 111 Å². The largest absolute Gasteiger partial charge is 0.348 e. The van der Waals surface area contributed by atoms with Gasteiger partial charge in [0.15, 0.2) is 11.2 Å². The molecule has 1 aromatic carbocycles. The van der Waals surface area contributed by atoms with Gasteiger partial charge in [-0.15, -0.1) is 0 Å². The summed E-state index contributed by atoms with van der Waals surface area (Å²) in [5.74, 6) is 7.63. The highest BCUT2D eigenvalue weighted by molar-refractivity contribution is 6.13. The average molecular weight is 1720 g/mol. The number of aryl methyl sites for hydroxylation is 13. The summed E-state index contributed by atoms with van der Waals surface area (Å²) in [6.45, 7) is 66.8. The van der Waals surface area contributed by atoms with E-state index in [0.29, 0.717) is 70.0 Å². The van der Waals surface area contributed by atoms with E-state index in [0.717, 1.165) is 129 Å². The Morgan fingerprint density at radius 3 is 1.57 bits per heavy atom. The molecule has 31 heteroatoms. The van der Waals surface area contributed by atoms with Crippen molar-refractivity contribution < 1.29 is 4.79 Å². The maximum atomic E-state index is 12.0. The van der Waals surface area contributed by atoms with Gasteiger partial charge in [0.25, 0.3) is 22.6 Å². The van der Waals surface area contributed by atoms with Gasteiger partial charge in [-0.05, 0) is 259 Å². The number of aromatic nitrogens is 22. The van der Waals surface area contributed by atoms with Gasteiger partial charge in [0.2, 0.25) is 0 Å². The summed E-state index contributed by atoms with van der Waals surface area (Å²) in [6.07, 6.45) is 9.64. The third-order valence-corrected chi connectivity index (χ3v) is 23.0. The smallest absolute Gasteiger partial charge is 0.347 e. The van der Waals surface area contributed by atoms with E-state index in [4.69, 9.17) is 0 Å². The zero-order chi connectivity index (χ0) is 94.2. The molecule has 0 bridgehead atoms. The number of carbonyl (C=O) groups excluding carboxylic acids is 1. The van der Waals surface area contributed by atoms with E-state index in [-0.39, 0.29) is 52.1 Å². The van der Waals surface area contributed by atoms with Crippen LogP contribution in [-0.2, 0) is 33.0 Å². The van der Waals surface area contributed by atoms with Crippen LogP contribution in [0.5, 0.6) is 0 Å². The molecule has 1 amide bonds. The van der Waals surface area contributed by atoms with Gasteiger partial charge < -0.3 is 23.6 Å². The molecule has 31 nitrogen and oxygen atoms in total. The van der Waals surface area contributed by atoms with Crippen molar-refractivity contribution in [3.63, 3.8) is 0 Å². The van der Waals surface area contributed by atoms with Crippen LogP contribution in [0.25, 0.3) is 72.0 Å². The number of fused-ring (bicyclic) bond motifs is 4. The molecule has 0 unspecified atom stereocenters. The number of anilines is 2. The first-order valence-electron chi connectivity index (χ1n) is 43.2. The summed E-state index contributed by atoms with van der Waals surface area (Å²) in [7, 11) is 8.97. The summed E-state index contributed by atoms with van der Waals surface area (Å²) in [5.41, 5.74) is 21.7. The quantitative estimate of drug-likeness (QED) is 0.148. The van der Waals surface area contributed by atoms with E-state index in [1.807, 2.05) is 139 Å². The number of hydrogen-bond acceptors (Lipinski definition) is 20. The SMILES string of the molecule is CC1=Nc2c3c(nc(=O)ccc3cn2C(C)C)N1.Cc1c(C)n(C(C)C)c(=O)n(C)c1=O.Cc1cc2c(c(C)nn2C(C)C)c(C)c1C.Cc1nc(=O)n(C(C)C)c(C)c1C.Cc1nc(C)c2c(n1)c(C(C)C)cn2C.Cc1nc(C)c2c(n1)c(C(C)C)nn2C.Cc1nc2c(nc(C)n2C(C)C)c(=O)n1C.Cc1nc2c3c(cn(C(C)C)c3n1)C=CC(=O)N2C. The molecular formula is C95H131N25O6. The maximum Gasteiger partial charge on any atom is 0.348 e. The number of carbonyl (C=O) groups is 1. The number of imidazole rings is 1. The van der Waals surface area contributed by atoms with Crippen molar-refractivity contribution in [3.05, 3.63) is 203 Å². The number of benzene rings is 1. The molecule has 0 spiro atoms. The molecule has 0 atom stereocenters. The van der Waals surface area contributed by atoms with Crippen LogP contribution in [0.2, 0.25) is 0 Å². The molecule has 2 aliphatic heterocycles. The van der Waals surface area contributed by atoms with Crippen LogP contribution >= 0.6 is 0 Å². The van der Waals surface area contributed by atoms with Crippen molar-refractivity contribution in [2.24, 2.45) is 33.2 Å². The van der Waals surface area contributed by atoms with Crippen LogP contribution in [0.4, 0.5) is 17.5 Å². The van der Waals surface area contributed by atoms with Gasteiger partial charge in [-0.3, -0.25) is 51.7 Å². The minimum absolute atomic E-state index is 0.0632. The lowest BCUT2D eigenvalue weighted by Crippen LogP contribution is -2.41. The highest BCUT2D eigenvalue weighted by Crippen LogP contribution is 2.38. The highest BCUT2D eigenvalue weighted by Gasteiger charge is 2.26. The van der Waals surface area contributed by atoms with Crippen LogP contribution in [0.1, 0.15) is 274 Å². The van der Waals surface area contributed by atoms with Gasteiger partial charge in [0.05, 0.1) is 50.1 Å². The van der Waals surface area contributed by atoms with Gasteiger partial charge in [-0.2, -0.15) is 20.2 Å². The van der Waals surface area contributed by atoms with E-state index < -0.39 is 0 Å². The van der Waals surface area contributed by atoms with E-state index in [1.165, 1.54) is 50.8 Å². The molecule has 0 radical (unpaired) electrons. The van der Waals surface area contributed by atoms with Gasteiger partial charge in [-0.25, -0.2) is 54.5 Å². The molecule has 13 aromatic heterocycles. The molecule has 0 aliphatic carbocycles. The Morgan fingerprint density at radius 1 is 0.421 bits per heavy atom. The van der Waals surface area contributed by atoms with Crippen LogP contribution < -0.4 is 38.3 Å². The van der Waals surface area contributed by atoms with Crippen molar-refractivity contribution in [2.75, 3.05) is 17.3 Å². The van der Waals surface area contributed by atoms with Crippen molar-refractivity contribution in [3.8, 4) is 0 Å². The lowest BCUT2D eigenvalue weighted by Gasteiger charge is -2.16. The third kappa shape index (κ3) is 19.9. The number of amidine groups is 1. The van der Waals surface area contributed by atoms with Crippen LogP contribution in [0.15, 0.2) is 71.8 Å². The molecule has 0 saturated heterocycles. The lowest BCUT2D eigenvalue weighted by atomic mass is 9.99. The molecule has 672 valence electrons. The highest BCUT2D eigenvalue weighted by atomic mass is 16.2. The van der Waals surface area contributed by atoms with Crippen LogP contribution in [0.3, 0.4) is 0 Å². The van der Waals surface area contributed by atoms with Crippen molar-refractivity contribution in [1.82, 2.24) is 106 Å². The Balaban J connectivity index is 0.000000163. The molecule has 0 saturated carbocycles. The first kappa shape index (κ1) is 97.2. The fraction of sp³-hybridized carbons (Fsp3) is 0.484. The Morgan fingerprint density at radius 2 is 1.00 bits per heavy atom. The van der Waals surface area contributed by atoms with E-state index in [9.17, 15) is 28.8 Å². The summed E-state index contributed by atoms with van der Waals surface area (Å²) in [6, 6.07) is 7.10. The van der Waals surface area contributed by atoms with Gasteiger partial charge in [0.1, 0.15) is 69.1 Å². The zero-order valence-electron chi connectivity index (χ0n) is 81.4. The third-order valence-electron chi connectivity index (χ3n) is 23.0. The second-order valence-corrected chi connectivity index (χ2v) is 35.2. The number of rotatable bonds is 8. The topological polar surface area (TPSA) is 334 Å². The number of hydrogen-bond donors (Lipinski definition) is 1. The van der Waals surface area contributed by atoms with E-state index in [2.05, 4.69) is 219 Å². The van der Waals surface area contributed by atoms with Crippen molar-refractivity contribution >= 4 is 101 Å². The number of amides is 1. The molecule has 0 fully saturated rings. The van der Waals surface area contributed by atoms with Gasteiger partial charge in [-0.1, -0.05) is 27.7 Å². The number of likely N-dealkylation sites (N-methyl/N-ethyl adjacent to an activating group) is 1. The fourth-order valence-electron chi connectivity index (χ4n) is 16.0. The number of nitrogens with one attached hydrogen (secondary N) is 1. The minimum Gasteiger partial charge on any atom is -0.347 e. The Kier molecular flexibility index (Phi) is 30.0. The van der Waals surface area contributed by atoms with E-state index in [1.54, 1.807) is 54.1 Å². The van der Waals surface area contributed by atoms with Gasteiger partial charge in [0, 0.05) is 141 Å². The second kappa shape index (κ2) is 38.9. The Hall–Kier alpha value is -12.6. The average Bonchev–Trinajstić information content (AvgIpc) is 1.60. The molecule has 15 heterocycles. The molecule has 1 N–H and O–H groups in total. The first-order valence-corrected chi connectivity index (χ1v) is 43.2. The van der Waals surface area contributed by atoms with Crippen molar-refractivity contribution in [1.29, 1.82) is 0 Å². The van der Waals surface area contributed by atoms with Gasteiger partial charge >= 0.3 is 11.4 Å². The van der Waals surface area contributed by atoms with Crippen molar-refractivity contribution in [2.45, 2.75) is 277 Å². The molecule has 2 aliphatic rings. The minimum atomic E-state index is -0.245. The molecule has 16 rings (SSSR count). The molecular weight excluding hydrogens is 1590 g/mol. The Labute approximate surface area is 737 Å². The fourth-order valence-corrected chi connectivity index (χ4v) is 16.0.